The molecule has 0 aliphatic carbocycles. The highest BCUT2D eigenvalue weighted by atomic mass is 79.9. The van der Waals surface area contributed by atoms with Crippen LogP contribution in [0.5, 0.6) is 0 Å². The molecule has 3 heteroatoms. The van der Waals surface area contributed by atoms with Crippen molar-refractivity contribution in [3.63, 3.8) is 0 Å². The first kappa shape index (κ1) is 18.3. The highest BCUT2D eigenvalue weighted by Gasteiger charge is 2.12. The summed E-state index contributed by atoms with van der Waals surface area (Å²) in [5, 5.41) is 12.1. The van der Waals surface area contributed by atoms with Crippen molar-refractivity contribution in [3.8, 4) is 11.8 Å². The van der Waals surface area contributed by atoms with Crippen molar-refractivity contribution in [2.24, 2.45) is 0 Å². The van der Waals surface area contributed by atoms with Gasteiger partial charge in [0.1, 0.15) is 0 Å². The van der Waals surface area contributed by atoms with E-state index in [0.29, 0.717) is 5.57 Å². The van der Waals surface area contributed by atoms with E-state index in [2.05, 4.69) is 76.8 Å². The predicted molar refractivity (Wildman–Crippen MR) is 120 cm³/mol. The standard InChI is InChI=1S/C25H19BrN2/c1-17-13-22(18(2)28(17)25-10-6-5-9-24(25)26)15-23(16-27)21-12-11-19-7-3-4-8-20(19)14-21/h3-15H,1-2H3/b23-15-. The predicted octanol–water partition coefficient (Wildman–Crippen LogP) is 7.07. The molecule has 0 aliphatic heterocycles. The van der Waals surface area contributed by atoms with Crippen LogP contribution in [0.2, 0.25) is 0 Å². The number of nitriles is 1. The number of nitrogens with zero attached hydrogens (tertiary/aromatic N) is 2. The van der Waals surface area contributed by atoms with Crippen molar-refractivity contribution in [3.05, 3.63) is 99.8 Å². The van der Waals surface area contributed by atoms with Gasteiger partial charge in [0.15, 0.2) is 0 Å². The molecule has 4 rings (SSSR count). The summed E-state index contributed by atoms with van der Waals surface area (Å²) < 4.78 is 3.26. The molecule has 136 valence electrons. The van der Waals surface area contributed by atoms with Gasteiger partial charge in [-0.2, -0.15) is 5.26 Å². The van der Waals surface area contributed by atoms with Crippen LogP contribution in [-0.2, 0) is 0 Å². The topological polar surface area (TPSA) is 28.7 Å². The number of aromatic nitrogens is 1. The van der Waals surface area contributed by atoms with Crippen molar-refractivity contribution < 1.29 is 0 Å². The lowest BCUT2D eigenvalue weighted by atomic mass is 10.0. The molecule has 0 fully saturated rings. The molecule has 1 heterocycles. The lowest BCUT2D eigenvalue weighted by Crippen LogP contribution is -1.99. The Balaban J connectivity index is 1.82. The molecule has 3 aromatic carbocycles. The van der Waals surface area contributed by atoms with Gasteiger partial charge in [0, 0.05) is 15.9 Å². The molecule has 0 radical (unpaired) electrons. The first-order valence-electron chi connectivity index (χ1n) is 9.13. The largest absolute Gasteiger partial charge is 0.317 e. The molecule has 28 heavy (non-hydrogen) atoms. The monoisotopic (exact) mass is 426 g/mol. The SMILES string of the molecule is Cc1cc(/C=C(/C#N)c2ccc3ccccc3c2)c(C)n1-c1ccccc1Br. The maximum absolute atomic E-state index is 9.81. The zero-order chi connectivity index (χ0) is 19.7. The number of fused-ring (bicyclic) bond motifs is 1. The molecule has 0 amide bonds. The van der Waals surface area contributed by atoms with Crippen molar-refractivity contribution in [2.75, 3.05) is 0 Å². The smallest absolute Gasteiger partial charge is 0.0998 e. The molecule has 1 aromatic heterocycles. The molecular weight excluding hydrogens is 408 g/mol. The maximum atomic E-state index is 9.81. The summed E-state index contributed by atoms with van der Waals surface area (Å²) in [6.45, 7) is 4.18. The number of para-hydroxylation sites is 1. The minimum absolute atomic E-state index is 0.665. The highest BCUT2D eigenvalue weighted by Crippen LogP contribution is 2.29. The summed E-state index contributed by atoms with van der Waals surface area (Å²) in [4.78, 5) is 0. The molecule has 4 aromatic rings. The van der Waals surface area contributed by atoms with Gasteiger partial charge in [-0.15, -0.1) is 0 Å². The van der Waals surface area contributed by atoms with Gasteiger partial charge in [0.05, 0.1) is 17.3 Å². The molecule has 0 unspecified atom stereocenters. The van der Waals surface area contributed by atoms with Crippen LogP contribution < -0.4 is 0 Å². The summed E-state index contributed by atoms with van der Waals surface area (Å²) in [5.41, 5.74) is 5.99. The highest BCUT2D eigenvalue weighted by molar-refractivity contribution is 9.10. The zero-order valence-corrected chi connectivity index (χ0v) is 17.4. The molecular formula is C25H19BrN2. The third-order valence-electron chi connectivity index (χ3n) is 5.04. The number of rotatable bonds is 3. The normalized spacial score (nSPS) is 11.6. The van der Waals surface area contributed by atoms with E-state index >= 15 is 0 Å². The number of hydrogen-bond acceptors (Lipinski definition) is 1. The van der Waals surface area contributed by atoms with E-state index in [4.69, 9.17) is 0 Å². The molecule has 2 nitrogen and oxygen atoms in total. The Morgan fingerprint density at radius 3 is 2.39 bits per heavy atom. The number of allylic oxidation sites excluding steroid dienone is 1. The Kier molecular flexibility index (Phi) is 4.90. The van der Waals surface area contributed by atoms with Crippen LogP contribution in [0.4, 0.5) is 0 Å². The minimum atomic E-state index is 0.665. The second-order valence-electron chi connectivity index (χ2n) is 6.85. The Morgan fingerprint density at radius 2 is 1.64 bits per heavy atom. The van der Waals surface area contributed by atoms with Crippen LogP contribution in [0.3, 0.4) is 0 Å². The first-order chi connectivity index (χ1) is 13.6. The summed E-state index contributed by atoms with van der Waals surface area (Å²) in [7, 11) is 0. The van der Waals surface area contributed by atoms with E-state index in [1.807, 2.05) is 42.5 Å². The third kappa shape index (κ3) is 3.28. The van der Waals surface area contributed by atoms with Crippen LogP contribution in [-0.4, -0.2) is 4.57 Å². The molecule has 0 saturated carbocycles. The van der Waals surface area contributed by atoms with Gasteiger partial charge in [-0.1, -0.05) is 48.5 Å². The summed E-state index contributed by atoms with van der Waals surface area (Å²) in [5.74, 6) is 0. The number of aryl methyl sites for hydroxylation is 1. The molecule has 0 N–H and O–H groups in total. The Hall–Kier alpha value is -3.09. The number of benzene rings is 3. The van der Waals surface area contributed by atoms with Gasteiger partial charge in [0.25, 0.3) is 0 Å². The number of hydrogen-bond donors (Lipinski definition) is 0. The Morgan fingerprint density at radius 1 is 0.929 bits per heavy atom. The summed E-state index contributed by atoms with van der Waals surface area (Å²) in [6, 6.07) is 27.1. The van der Waals surface area contributed by atoms with Crippen LogP contribution >= 0.6 is 15.9 Å². The maximum Gasteiger partial charge on any atom is 0.0998 e. The lowest BCUT2D eigenvalue weighted by molar-refractivity contribution is 0.959. The zero-order valence-electron chi connectivity index (χ0n) is 15.8. The Labute approximate surface area is 173 Å². The van der Waals surface area contributed by atoms with E-state index in [0.717, 1.165) is 38.1 Å². The van der Waals surface area contributed by atoms with Crippen LogP contribution in [0.15, 0.2) is 77.3 Å². The lowest BCUT2D eigenvalue weighted by Gasteiger charge is -2.11. The first-order valence-corrected chi connectivity index (χ1v) is 9.92. The molecule has 0 bridgehead atoms. The average molecular weight is 427 g/mol. The van der Waals surface area contributed by atoms with E-state index in [-0.39, 0.29) is 0 Å². The van der Waals surface area contributed by atoms with Gasteiger partial charge in [-0.3, -0.25) is 0 Å². The molecule has 0 spiro atoms. The van der Waals surface area contributed by atoms with E-state index in [1.54, 1.807) is 0 Å². The third-order valence-corrected chi connectivity index (χ3v) is 5.71. The second kappa shape index (κ2) is 7.50. The van der Waals surface area contributed by atoms with E-state index in [1.165, 1.54) is 5.39 Å². The summed E-state index contributed by atoms with van der Waals surface area (Å²) >= 11 is 3.65. The molecule has 0 aliphatic rings. The average Bonchev–Trinajstić information content (AvgIpc) is 2.99. The fourth-order valence-electron chi connectivity index (χ4n) is 3.63. The molecule has 0 saturated heterocycles. The van der Waals surface area contributed by atoms with Gasteiger partial charge < -0.3 is 4.57 Å². The van der Waals surface area contributed by atoms with Gasteiger partial charge in [-0.25, -0.2) is 0 Å². The minimum Gasteiger partial charge on any atom is -0.317 e. The summed E-state index contributed by atoms with van der Waals surface area (Å²) in [6.07, 6.45) is 1.99. The van der Waals surface area contributed by atoms with Crippen LogP contribution in [0.25, 0.3) is 28.1 Å². The quantitative estimate of drug-likeness (QED) is 0.321. The molecule has 0 atom stereocenters. The van der Waals surface area contributed by atoms with Gasteiger partial charge >= 0.3 is 0 Å². The Bertz CT molecular complexity index is 1260. The van der Waals surface area contributed by atoms with Crippen molar-refractivity contribution in [1.82, 2.24) is 4.57 Å². The van der Waals surface area contributed by atoms with Gasteiger partial charge in [0.2, 0.25) is 0 Å². The van der Waals surface area contributed by atoms with Crippen molar-refractivity contribution in [2.45, 2.75) is 13.8 Å². The second-order valence-corrected chi connectivity index (χ2v) is 7.70. The van der Waals surface area contributed by atoms with Crippen molar-refractivity contribution >= 4 is 38.4 Å². The van der Waals surface area contributed by atoms with E-state index in [9.17, 15) is 5.26 Å². The van der Waals surface area contributed by atoms with Crippen molar-refractivity contribution in [1.29, 1.82) is 5.26 Å². The van der Waals surface area contributed by atoms with E-state index < -0.39 is 0 Å². The van der Waals surface area contributed by atoms with Crippen LogP contribution in [0, 0.1) is 25.2 Å². The van der Waals surface area contributed by atoms with Gasteiger partial charge in [-0.05, 0) is 82.0 Å². The fraction of sp³-hybridized carbons (Fsp3) is 0.0800. The fourth-order valence-corrected chi connectivity index (χ4v) is 4.09. The van der Waals surface area contributed by atoms with Crippen LogP contribution in [0.1, 0.15) is 22.5 Å². The number of halogens is 1.